The van der Waals surface area contributed by atoms with Gasteiger partial charge in [-0.25, -0.2) is 0 Å². The average Bonchev–Trinajstić information content (AvgIpc) is 3.14. The summed E-state index contributed by atoms with van der Waals surface area (Å²) in [6.45, 7) is 0. The molecule has 0 fully saturated rings. The Morgan fingerprint density at radius 3 is 1.30 bits per heavy atom. The summed E-state index contributed by atoms with van der Waals surface area (Å²) in [7, 11) is 0. The van der Waals surface area contributed by atoms with Gasteiger partial charge in [-0.05, 0) is 87.6 Å². The van der Waals surface area contributed by atoms with Crippen LogP contribution in [0.25, 0.3) is 87.6 Å². The summed E-state index contributed by atoms with van der Waals surface area (Å²) in [4.78, 5) is 0. The maximum Gasteiger partial charge on any atom is -0.00204 e. The fourth-order valence-corrected chi connectivity index (χ4v) is 7.41. The molecule has 0 nitrogen and oxygen atoms in total. The molecule has 46 heavy (non-hydrogen) atoms. The average molecular weight is 583 g/mol. The van der Waals surface area contributed by atoms with Crippen LogP contribution in [0.5, 0.6) is 0 Å². The van der Waals surface area contributed by atoms with Crippen LogP contribution in [0.4, 0.5) is 0 Å². The fraction of sp³-hybridized carbons (Fsp3) is 0. The largest absolute Gasteiger partial charge is 0.0616 e. The third-order valence-corrected chi connectivity index (χ3v) is 9.50. The van der Waals surface area contributed by atoms with Crippen LogP contribution in [-0.4, -0.2) is 0 Å². The van der Waals surface area contributed by atoms with E-state index in [1.54, 1.807) is 0 Å². The first-order valence-corrected chi connectivity index (χ1v) is 15.9. The van der Waals surface area contributed by atoms with E-state index in [9.17, 15) is 0 Å². The van der Waals surface area contributed by atoms with Crippen LogP contribution in [-0.2, 0) is 0 Å². The van der Waals surface area contributed by atoms with Crippen molar-refractivity contribution in [2.24, 2.45) is 0 Å². The highest BCUT2D eigenvalue weighted by atomic mass is 14.2. The molecule has 0 heterocycles. The monoisotopic (exact) mass is 582 g/mol. The van der Waals surface area contributed by atoms with Gasteiger partial charge < -0.3 is 0 Å². The van der Waals surface area contributed by atoms with E-state index in [4.69, 9.17) is 0 Å². The SMILES string of the molecule is c1ccc(-c2ccc3ccccc3c2-c2cccc3ccccc23)c(-c2ccccc2-c2cccc3c2ccc2ccccc23)c1. The Morgan fingerprint density at radius 2 is 0.587 bits per heavy atom. The van der Waals surface area contributed by atoms with Gasteiger partial charge in [0.05, 0.1) is 0 Å². The van der Waals surface area contributed by atoms with Gasteiger partial charge in [0.2, 0.25) is 0 Å². The van der Waals surface area contributed by atoms with Gasteiger partial charge in [0, 0.05) is 0 Å². The van der Waals surface area contributed by atoms with E-state index in [2.05, 4.69) is 182 Å². The maximum absolute atomic E-state index is 2.32. The van der Waals surface area contributed by atoms with Gasteiger partial charge >= 0.3 is 0 Å². The van der Waals surface area contributed by atoms with E-state index < -0.39 is 0 Å². The molecule has 0 amide bonds. The molecule has 0 N–H and O–H groups in total. The topological polar surface area (TPSA) is 0 Å². The number of hydrogen-bond acceptors (Lipinski definition) is 0. The molecule has 0 aliphatic rings. The summed E-state index contributed by atoms with van der Waals surface area (Å²) in [5.74, 6) is 0. The molecule has 214 valence electrons. The van der Waals surface area contributed by atoms with Gasteiger partial charge in [-0.3, -0.25) is 0 Å². The molecule has 0 heteroatoms. The molecule has 0 radical (unpaired) electrons. The Bertz CT molecular complexity index is 2580. The molecule has 0 spiro atoms. The molecule has 0 bridgehead atoms. The van der Waals surface area contributed by atoms with Gasteiger partial charge in [-0.2, -0.15) is 0 Å². The minimum absolute atomic E-state index is 1.23. The molecule has 0 aliphatic carbocycles. The number of rotatable bonds is 4. The Kier molecular flexibility index (Phi) is 6.25. The van der Waals surface area contributed by atoms with Crippen molar-refractivity contribution in [3.05, 3.63) is 182 Å². The van der Waals surface area contributed by atoms with Gasteiger partial charge in [-0.15, -0.1) is 0 Å². The molecular formula is C46H30. The zero-order chi connectivity index (χ0) is 30.5. The normalized spacial score (nSPS) is 11.5. The number of hydrogen-bond donors (Lipinski definition) is 0. The van der Waals surface area contributed by atoms with Crippen molar-refractivity contribution in [1.82, 2.24) is 0 Å². The molecule has 0 saturated carbocycles. The first kappa shape index (κ1) is 26.4. The third kappa shape index (κ3) is 4.23. The lowest BCUT2D eigenvalue weighted by atomic mass is 9.83. The number of benzene rings is 9. The van der Waals surface area contributed by atoms with Crippen molar-refractivity contribution in [3.8, 4) is 44.5 Å². The second kappa shape index (κ2) is 10.9. The van der Waals surface area contributed by atoms with Crippen molar-refractivity contribution < 1.29 is 0 Å². The highest BCUT2D eigenvalue weighted by Crippen LogP contribution is 2.46. The smallest absolute Gasteiger partial charge is 0.00204 e. The van der Waals surface area contributed by atoms with Crippen LogP contribution in [0.3, 0.4) is 0 Å². The summed E-state index contributed by atoms with van der Waals surface area (Å²) >= 11 is 0. The Hall–Kier alpha value is -5.98. The second-order valence-electron chi connectivity index (χ2n) is 12.0. The molecule has 9 aromatic carbocycles. The zero-order valence-electron chi connectivity index (χ0n) is 25.3. The van der Waals surface area contributed by atoms with Crippen molar-refractivity contribution in [2.75, 3.05) is 0 Å². The summed E-state index contributed by atoms with van der Waals surface area (Å²) < 4.78 is 0. The summed E-state index contributed by atoms with van der Waals surface area (Å²) in [5, 5.41) is 10.1. The predicted octanol–water partition coefficient (Wildman–Crippen LogP) is 13.0. The lowest BCUT2D eigenvalue weighted by Crippen LogP contribution is -1.93. The van der Waals surface area contributed by atoms with E-state index in [1.165, 1.54) is 87.6 Å². The van der Waals surface area contributed by atoms with Gasteiger partial charge in [0.15, 0.2) is 0 Å². The first-order chi connectivity index (χ1) is 22.8. The van der Waals surface area contributed by atoms with E-state index in [0.29, 0.717) is 0 Å². The lowest BCUT2D eigenvalue weighted by molar-refractivity contribution is 1.58. The fourth-order valence-electron chi connectivity index (χ4n) is 7.41. The molecular weight excluding hydrogens is 553 g/mol. The van der Waals surface area contributed by atoms with Crippen LogP contribution in [0.1, 0.15) is 0 Å². The minimum Gasteiger partial charge on any atom is -0.0616 e. The van der Waals surface area contributed by atoms with Crippen LogP contribution in [0.2, 0.25) is 0 Å². The first-order valence-electron chi connectivity index (χ1n) is 15.9. The summed E-state index contributed by atoms with van der Waals surface area (Å²) in [6, 6.07) is 66.6. The second-order valence-corrected chi connectivity index (χ2v) is 12.0. The summed E-state index contributed by atoms with van der Waals surface area (Å²) in [6.07, 6.45) is 0. The van der Waals surface area contributed by atoms with Crippen molar-refractivity contribution >= 4 is 43.1 Å². The zero-order valence-corrected chi connectivity index (χ0v) is 25.3. The molecule has 0 atom stereocenters. The van der Waals surface area contributed by atoms with E-state index in [0.717, 1.165) is 0 Å². The standard InChI is InChI=1S/C46H30/c1-5-18-35-31(13-1)16-11-26-44(35)46-36-19-6-3-15-33(36)28-30-45(46)42-23-10-9-22-40(42)38-20-7-8-21-39(38)41-25-12-24-37-34-17-4-2-14-32(34)27-29-43(37)41/h1-30H. The van der Waals surface area contributed by atoms with Crippen LogP contribution < -0.4 is 0 Å². The Labute approximate surface area is 268 Å². The maximum atomic E-state index is 2.32. The Morgan fingerprint density at radius 1 is 0.174 bits per heavy atom. The van der Waals surface area contributed by atoms with Crippen LogP contribution in [0.15, 0.2) is 182 Å². The van der Waals surface area contributed by atoms with E-state index in [-0.39, 0.29) is 0 Å². The van der Waals surface area contributed by atoms with Gasteiger partial charge in [-0.1, -0.05) is 182 Å². The molecule has 0 saturated heterocycles. The molecule has 9 rings (SSSR count). The number of fused-ring (bicyclic) bond motifs is 5. The van der Waals surface area contributed by atoms with Crippen LogP contribution in [0, 0.1) is 0 Å². The third-order valence-electron chi connectivity index (χ3n) is 9.50. The van der Waals surface area contributed by atoms with E-state index in [1.807, 2.05) is 0 Å². The van der Waals surface area contributed by atoms with Gasteiger partial charge in [0.1, 0.15) is 0 Å². The van der Waals surface area contributed by atoms with Gasteiger partial charge in [0.25, 0.3) is 0 Å². The highest BCUT2D eigenvalue weighted by molar-refractivity contribution is 6.14. The molecule has 9 aromatic rings. The van der Waals surface area contributed by atoms with Crippen LogP contribution >= 0.6 is 0 Å². The quantitative estimate of drug-likeness (QED) is 0.181. The molecule has 0 unspecified atom stereocenters. The lowest BCUT2D eigenvalue weighted by Gasteiger charge is -2.20. The molecule has 0 aliphatic heterocycles. The van der Waals surface area contributed by atoms with Crippen molar-refractivity contribution in [3.63, 3.8) is 0 Å². The van der Waals surface area contributed by atoms with E-state index >= 15 is 0 Å². The summed E-state index contributed by atoms with van der Waals surface area (Å²) in [5.41, 5.74) is 9.96. The Balaban J connectivity index is 1.32. The minimum atomic E-state index is 1.23. The van der Waals surface area contributed by atoms with Crippen molar-refractivity contribution in [2.45, 2.75) is 0 Å². The van der Waals surface area contributed by atoms with Crippen molar-refractivity contribution in [1.29, 1.82) is 0 Å². The highest BCUT2D eigenvalue weighted by Gasteiger charge is 2.19. The predicted molar refractivity (Wildman–Crippen MR) is 198 cm³/mol. The molecule has 0 aromatic heterocycles.